The Balaban J connectivity index is 2.67. The molecule has 0 bridgehead atoms. The Bertz CT molecular complexity index is 449. The summed E-state index contributed by atoms with van der Waals surface area (Å²) in [4.78, 5) is 9.91. The van der Waals surface area contributed by atoms with E-state index in [-0.39, 0.29) is 12.4 Å². The number of halogens is 3. The molecule has 9 heteroatoms. The maximum absolute atomic E-state index is 11.8. The zero-order chi connectivity index (χ0) is 14.5. The average Bonchev–Trinajstić information content (AvgIpc) is 2.33. The van der Waals surface area contributed by atoms with Crippen LogP contribution in [0.25, 0.3) is 0 Å². The number of hydrogen-bond acceptors (Lipinski definition) is 5. The Kier molecular flexibility index (Phi) is 5.07. The molecule has 0 aromatic heterocycles. The Morgan fingerprint density at radius 2 is 2.05 bits per heavy atom. The number of nitro groups is 1. The first-order valence-electron chi connectivity index (χ1n) is 4.99. The van der Waals surface area contributed by atoms with E-state index in [1.807, 2.05) is 0 Å². The van der Waals surface area contributed by atoms with Crippen LogP contribution in [0.5, 0.6) is 5.75 Å². The molecule has 0 unspecified atom stereocenters. The first-order chi connectivity index (χ1) is 8.83. The number of alkyl halides is 3. The van der Waals surface area contributed by atoms with Crippen molar-refractivity contribution in [3.8, 4) is 5.75 Å². The van der Waals surface area contributed by atoms with Gasteiger partial charge in [0.15, 0.2) is 12.5 Å². The summed E-state index contributed by atoms with van der Waals surface area (Å²) in [7, 11) is 0. The van der Waals surface area contributed by atoms with Crippen molar-refractivity contribution < 1.29 is 32.7 Å². The molecule has 1 aromatic rings. The zero-order valence-electron chi connectivity index (χ0n) is 9.51. The summed E-state index contributed by atoms with van der Waals surface area (Å²) in [6, 6.07) is 3.56. The fourth-order valence-electron chi connectivity index (χ4n) is 1.19. The lowest BCUT2D eigenvalue weighted by atomic mass is 10.2. The van der Waals surface area contributed by atoms with Gasteiger partial charge in [-0.15, -0.1) is 0 Å². The summed E-state index contributed by atoms with van der Waals surface area (Å²) < 4.78 is 44.3. The molecule has 0 saturated carbocycles. The molecule has 1 N–H and O–H groups in total. The molecule has 19 heavy (non-hydrogen) atoms. The normalized spacial score (nSPS) is 11.4. The third-order valence-corrected chi connectivity index (χ3v) is 1.97. The van der Waals surface area contributed by atoms with E-state index in [2.05, 4.69) is 4.74 Å². The van der Waals surface area contributed by atoms with Gasteiger partial charge < -0.3 is 14.6 Å². The van der Waals surface area contributed by atoms with Gasteiger partial charge >= 0.3 is 11.9 Å². The van der Waals surface area contributed by atoms with Gasteiger partial charge in [0.2, 0.25) is 0 Å². The van der Waals surface area contributed by atoms with Crippen molar-refractivity contribution in [2.45, 2.75) is 12.8 Å². The first kappa shape index (κ1) is 15.2. The molecule has 106 valence electrons. The molecule has 6 nitrogen and oxygen atoms in total. The maximum Gasteiger partial charge on any atom is 0.411 e. The summed E-state index contributed by atoms with van der Waals surface area (Å²) in [5, 5.41) is 19.5. The lowest BCUT2D eigenvalue weighted by Gasteiger charge is -2.10. The second-order valence-corrected chi connectivity index (χ2v) is 3.44. The largest absolute Gasteiger partial charge is 0.460 e. The van der Waals surface area contributed by atoms with Crippen LogP contribution in [0.1, 0.15) is 5.56 Å². The topological polar surface area (TPSA) is 81.8 Å². The number of aliphatic hydroxyl groups excluding tert-OH is 1. The van der Waals surface area contributed by atoms with Crippen LogP contribution in [-0.4, -0.2) is 29.6 Å². The van der Waals surface area contributed by atoms with Gasteiger partial charge in [-0.3, -0.25) is 10.1 Å². The van der Waals surface area contributed by atoms with Gasteiger partial charge in [-0.05, 0) is 17.7 Å². The van der Waals surface area contributed by atoms with Crippen molar-refractivity contribution in [2.75, 3.05) is 13.4 Å². The van der Waals surface area contributed by atoms with Crippen LogP contribution in [0.4, 0.5) is 18.9 Å². The second kappa shape index (κ2) is 6.34. The molecular formula is C10H10F3NO5. The highest BCUT2D eigenvalue weighted by molar-refractivity contribution is 5.48. The van der Waals surface area contributed by atoms with Crippen LogP contribution in [0.15, 0.2) is 18.2 Å². The van der Waals surface area contributed by atoms with E-state index >= 15 is 0 Å². The number of hydrogen-bond donors (Lipinski definition) is 1. The van der Waals surface area contributed by atoms with Gasteiger partial charge in [-0.1, -0.05) is 0 Å². The standard InChI is InChI=1S/C10H10F3NO5/c11-10(12,13)5-18-6-19-9-3-7(4-15)1-2-8(9)14(16)17/h1-3,15H,4-6H2. The number of nitro benzene ring substituents is 1. The Labute approximate surface area is 105 Å². The Morgan fingerprint density at radius 1 is 1.37 bits per heavy atom. The molecule has 0 aliphatic carbocycles. The fraction of sp³-hybridized carbons (Fsp3) is 0.400. The van der Waals surface area contributed by atoms with Gasteiger partial charge in [0.05, 0.1) is 11.5 Å². The number of ether oxygens (including phenoxy) is 2. The van der Waals surface area contributed by atoms with Crippen LogP contribution in [0, 0.1) is 10.1 Å². The molecule has 0 saturated heterocycles. The number of rotatable bonds is 6. The quantitative estimate of drug-likeness (QED) is 0.373. The Hall–Kier alpha value is -1.87. The second-order valence-electron chi connectivity index (χ2n) is 3.44. The Morgan fingerprint density at radius 3 is 2.58 bits per heavy atom. The van der Waals surface area contributed by atoms with Crippen molar-refractivity contribution in [3.05, 3.63) is 33.9 Å². The van der Waals surface area contributed by atoms with Crippen LogP contribution >= 0.6 is 0 Å². The molecule has 0 amide bonds. The van der Waals surface area contributed by atoms with Crippen molar-refractivity contribution >= 4 is 5.69 Å². The van der Waals surface area contributed by atoms with Crippen molar-refractivity contribution in [1.82, 2.24) is 0 Å². The summed E-state index contributed by atoms with van der Waals surface area (Å²) in [5.74, 6) is -0.265. The van der Waals surface area contributed by atoms with E-state index in [9.17, 15) is 23.3 Å². The number of nitrogens with zero attached hydrogens (tertiary/aromatic N) is 1. The summed E-state index contributed by atoms with van der Waals surface area (Å²) >= 11 is 0. The van der Waals surface area contributed by atoms with Gasteiger partial charge in [-0.25, -0.2) is 0 Å². The average molecular weight is 281 g/mol. The number of benzene rings is 1. The van der Waals surface area contributed by atoms with Crippen LogP contribution in [0.3, 0.4) is 0 Å². The van der Waals surface area contributed by atoms with E-state index in [1.165, 1.54) is 6.07 Å². The van der Waals surface area contributed by atoms with Crippen LogP contribution in [-0.2, 0) is 11.3 Å². The first-order valence-corrected chi connectivity index (χ1v) is 4.99. The SMILES string of the molecule is O=[N+]([O-])c1ccc(CO)cc1OCOCC(F)(F)F. The van der Waals surface area contributed by atoms with Gasteiger partial charge in [-0.2, -0.15) is 13.2 Å². The predicted octanol–water partition coefficient (Wildman–Crippen LogP) is 2.00. The van der Waals surface area contributed by atoms with Crippen molar-refractivity contribution in [2.24, 2.45) is 0 Å². The van der Waals surface area contributed by atoms with Crippen molar-refractivity contribution in [1.29, 1.82) is 0 Å². The maximum atomic E-state index is 11.8. The van der Waals surface area contributed by atoms with Crippen LogP contribution in [0.2, 0.25) is 0 Å². The van der Waals surface area contributed by atoms with Crippen molar-refractivity contribution in [3.63, 3.8) is 0 Å². The minimum absolute atomic E-state index is 0.265. The van der Waals surface area contributed by atoms with Gasteiger partial charge in [0, 0.05) is 6.07 Å². The minimum Gasteiger partial charge on any atom is -0.460 e. The highest BCUT2D eigenvalue weighted by Gasteiger charge is 2.27. The molecule has 1 aromatic carbocycles. The van der Waals surface area contributed by atoms with E-state index in [4.69, 9.17) is 9.84 Å². The molecule has 0 spiro atoms. The third-order valence-electron chi connectivity index (χ3n) is 1.97. The van der Waals surface area contributed by atoms with E-state index < -0.39 is 30.2 Å². The predicted molar refractivity (Wildman–Crippen MR) is 56.5 cm³/mol. The molecule has 0 atom stereocenters. The minimum atomic E-state index is -4.50. The summed E-state index contributed by atoms with van der Waals surface area (Å²) in [6.07, 6.45) is -4.50. The summed E-state index contributed by atoms with van der Waals surface area (Å²) in [5.41, 5.74) is -0.0933. The van der Waals surface area contributed by atoms with Gasteiger partial charge in [0.25, 0.3) is 0 Å². The lowest BCUT2D eigenvalue weighted by molar-refractivity contribution is -0.386. The molecule has 0 heterocycles. The zero-order valence-corrected chi connectivity index (χ0v) is 9.51. The van der Waals surface area contributed by atoms with Gasteiger partial charge in [0.1, 0.15) is 6.61 Å². The van der Waals surface area contributed by atoms with Crippen LogP contribution < -0.4 is 4.74 Å². The molecule has 1 rings (SSSR count). The third kappa shape index (κ3) is 5.10. The smallest absolute Gasteiger partial charge is 0.411 e. The van der Waals surface area contributed by atoms with E-state index in [1.54, 1.807) is 0 Å². The molecule has 0 aliphatic heterocycles. The molecule has 0 fully saturated rings. The fourth-order valence-corrected chi connectivity index (χ4v) is 1.19. The molecule has 0 aliphatic rings. The molecule has 0 radical (unpaired) electrons. The highest BCUT2D eigenvalue weighted by atomic mass is 19.4. The van der Waals surface area contributed by atoms with E-state index in [0.717, 1.165) is 12.1 Å². The highest BCUT2D eigenvalue weighted by Crippen LogP contribution is 2.28. The lowest BCUT2D eigenvalue weighted by Crippen LogP contribution is -2.19. The van der Waals surface area contributed by atoms with E-state index in [0.29, 0.717) is 5.56 Å². The molecular weight excluding hydrogens is 271 g/mol. The monoisotopic (exact) mass is 281 g/mol. The number of aliphatic hydroxyl groups is 1. The summed E-state index contributed by atoms with van der Waals surface area (Å²) in [6.45, 7) is -2.67.